The number of benzene rings is 1. The molecule has 1 saturated heterocycles. The Morgan fingerprint density at radius 2 is 1.86 bits per heavy atom. The Labute approximate surface area is 97.6 Å². The van der Waals surface area contributed by atoms with Crippen molar-refractivity contribution < 1.29 is 4.39 Å². The largest absolute Gasteiger partial charge is 0.310 e. The fourth-order valence-corrected chi connectivity index (χ4v) is 1.75. The zero-order valence-corrected chi connectivity index (χ0v) is 10.00. The summed E-state index contributed by atoms with van der Waals surface area (Å²) in [6.07, 6.45) is 0.521. The summed E-state index contributed by atoms with van der Waals surface area (Å²) in [6, 6.07) is 7.82. The molecule has 1 nitrogen and oxygen atoms in total. The SMILES string of the molecule is Cl.FC1(Cc2ccc(Br)cc2)CNC1. The monoisotopic (exact) mass is 279 g/mol. The van der Waals surface area contributed by atoms with E-state index in [0.717, 1.165) is 10.0 Å². The fraction of sp³-hybridized carbons (Fsp3) is 0.400. The molecule has 1 aromatic carbocycles. The van der Waals surface area contributed by atoms with Crippen LogP contribution >= 0.6 is 28.3 Å². The van der Waals surface area contributed by atoms with E-state index < -0.39 is 5.67 Å². The molecule has 0 aromatic heterocycles. The Kier molecular flexibility index (Phi) is 3.93. The van der Waals surface area contributed by atoms with Gasteiger partial charge in [-0.25, -0.2) is 4.39 Å². The molecule has 0 unspecified atom stereocenters. The molecule has 0 amide bonds. The van der Waals surface area contributed by atoms with E-state index in [1.54, 1.807) is 0 Å². The standard InChI is InChI=1S/C10H11BrFN.ClH/c11-9-3-1-8(2-4-9)5-10(12)6-13-7-10;/h1-4,13H,5-7H2;1H. The third-order valence-corrected chi connectivity index (χ3v) is 2.85. The van der Waals surface area contributed by atoms with Crippen LogP contribution in [0.4, 0.5) is 4.39 Å². The third-order valence-electron chi connectivity index (χ3n) is 2.32. The van der Waals surface area contributed by atoms with Crippen molar-refractivity contribution in [1.29, 1.82) is 0 Å². The molecule has 1 aromatic rings. The molecule has 1 aliphatic rings. The van der Waals surface area contributed by atoms with Gasteiger partial charge in [-0.15, -0.1) is 12.4 Å². The van der Waals surface area contributed by atoms with Crippen molar-refractivity contribution in [3.05, 3.63) is 34.3 Å². The maximum Gasteiger partial charge on any atom is 0.139 e. The number of halogens is 3. The number of nitrogens with one attached hydrogen (secondary N) is 1. The van der Waals surface area contributed by atoms with Crippen molar-refractivity contribution in [2.75, 3.05) is 13.1 Å². The van der Waals surface area contributed by atoms with Crippen LogP contribution in [0.25, 0.3) is 0 Å². The zero-order valence-electron chi connectivity index (χ0n) is 7.59. The number of hydrogen-bond donors (Lipinski definition) is 1. The Hall–Kier alpha value is -0.120. The normalized spacial score (nSPS) is 18.1. The van der Waals surface area contributed by atoms with Gasteiger partial charge in [-0.05, 0) is 17.7 Å². The lowest BCUT2D eigenvalue weighted by molar-refractivity contribution is 0.0912. The van der Waals surface area contributed by atoms with E-state index in [2.05, 4.69) is 21.2 Å². The first kappa shape index (κ1) is 12.0. The average molecular weight is 281 g/mol. The second kappa shape index (κ2) is 4.60. The topological polar surface area (TPSA) is 12.0 Å². The highest BCUT2D eigenvalue weighted by molar-refractivity contribution is 9.10. The van der Waals surface area contributed by atoms with Gasteiger partial charge in [0.15, 0.2) is 0 Å². The van der Waals surface area contributed by atoms with Crippen molar-refractivity contribution in [2.24, 2.45) is 0 Å². The maximum absolute atomic E-state index is 13.6. The first-order valence-corrected chi connectivity index (χ1v) is 5.11. The summed E-state index contributed by atoms with van der Waals surface area (Å²) in [5.74, 6) is 0. The molecule has 1 fully saturated rings. The summed E-state index contributed by atoms with van der Waals surface area (Å²) in [6.45, 7) is 0.978. The van der Waals surface area contributed by atoms with Crippen molar-refractivity contribution in [1.82, 2.24) is 5.32 Å². The van der Waals surface area contributed by atoms with Crippen molar-refractivity contribution >= 4 is 28.3 Å². The highest BCUT2D eigenvalue weighted by Gasteiger charge is 2.36. The van der Waals surface area contributed by atoms with Gasteiger partial charge in [0.25, 0.3) is 0 Å². The van der Waals surface area contributed by atoms with Gasteiger partial charge < -0.3 is 5.32 Å². The number of hydrogen-bond acceptors (Lipinski definition) is 1. The molecule has 0 saturated carbocycles. The van der Waals surface area contributed by atoms with Crippen molar-refractivity contribution in [3.63, 3.8) is 0 Å². The third kappa shape index (κ3) is 2.69. The molecule has 1 aliphatic heterocycles. The minimum absolute atomic E-state index is 0. The maximum atomic E-state index is 13.6. The molecule has 0 spiro atoms. The van der Waals surface area contributed by atoms with Gasteiger partial charge >= 0.3 is 0 Å². The van der Waals surface area contributed by atoms with E-state index in [4.69, 9.17) is 0 Å². The van der Waals surface area contributed by atoms with Gasteiger partial charge in [-0.3, -0.25) is 0 Å². The predicted molar refractivity (Wildman–Crippen MR) is 61.8 cm³/mol. The van der Waals surface area contributed by atoms with Crippen LogP contribution in [0, 0.1) is 0 Å². The smallest absolute Gasteiger partial charge is 0.139 e. The summed E-state index contributed by atoms with van der Waals surface area (Å²) in [5.41, 5.74) is 0.0561. The lowest BCUT2D eigenvalue weighted by Crippen LogP contribution is -2.57. The van der Waals surface area contributed by atoms with Crippen LogP contribution < -0.4 is 5.32 Å². The van der Waals surface area contributed by atoms with Crippen LogP contribution in [0.5, 0.6) is 0 Å². The van der Waals surface area contributed by atoms with Crippen LogP contribution in [-0.2, 0) is 6.42 Å². The first-order chi connectivity index (χ1) is 6.18. The first-order valence-electron chi connectivity index (χ1n) is 4.32. The lowest BCUT2D eigenvalue weighted by Gasteiger charge is -2.35. The van der Waals surface area contributed by atoms with E-state index in [9.17, 15) is 4.39 Å². The second-order valence-electron chi connectivity index (χ2n) is 3.56. The average Bonchev–Trinajstić information content (AvgIpc) is 2.06. The summed E-state index contributed by atoms with van der Waals surface area (Å²) in [5, 5.41) is 2.95. The Bertz CT molecular complexity index is 297. The molecule has 4 heteroatoms. The molecular formula is C10H12BrClFN. The van der Waals surface area contributed by atoms with E-state index in [0.29, 0.717) is 19.5 Å². The van der Waals surface area contributed by atoms with Gasteiger partial charge in [-0.1, -0.05) is 28.1 Å². The molecule has 0 bridgehead atoms. The number of alkyl halides is 1. The molecule has 78 valence electrons. The zero-order chi connectivity index (χ0) is 9.31. The Morgan fingerprint density at radius 3 is 2.29 bits per heavy atom. The molecule has 14 heavy (non-hydrogen) atoms. The highest BCUT2D eigenvalue weighted by Crippen LogP contribution is 2.23. The molecule has 1 N–H and O–H groups in total. The summed E-state index contributed by atoms with van der Waals surface area (Å²) in [7, 11) is 0. The molecule has 0 atom stereocenters. The van der Waals surface area contributed by atoms with Gasteiger partial charge in [-0.2, -0.15) is 0 Å². The fourth-order valence-electron chi connectivity index (χ4n) is 1.49. The summed E-state index contributed by atoms with van der Waals surface area (Å²) in [4.78, 5) is 0. The number of rotatable bonds is 2. The minimum atomic E-state index is -1.01. The van der Waals surface area contributed by atoms with Crippen molar-refractivity contribution in [2.45, 2.75) is 12.1 Å². The van der Waals surface area contributed by atoms with Crippen LogP contribution in [0.1, 0.15) is 5.56 Å². The van der Waals surface area contributed by atoms with E-state index in [1.807, 2.05) is 24.3 Å². The van der Waals surface area contributed by atoms with Crippen LogP contribution in [0.2, 0.25) is 0 Å². The molecule has 2 rings (SSSR count). The van der Waals surface area contributed by atoms with Gasteiger partial charge in [0.1, 0.15) is 5.67 Å². The lowest BCUT2D eigenvalue weighted by atomic mass is 9.91. The minimum Gasteiger partial charge on any atom is -0.310 e. The van der Waals surface area contributed by atoms with Crippen LogP contribution in [-0.4, -0.2) is 18.8 Å². The van der Waals surface area contributed by atoms with Crippen LogP contribution in [0.15, 0.2) is 28.7 Å². The summed E-state index contributed by atoms with van der Waals surface area (Å²) >= 11 is 3.35. The Balaban J connectivity index is 0.000000980. The Morgan fingerprint density at radius 1 is 1.29 bits per heavy atom. The molecule has 0 aliphatic carbocycles. The van der Waals surface area contributed by atoms with Gasteiger partial charge in [0.2, 0.25) is 0 Å². The van der Waals surface area contributed by atoms with Crippen molar-refractivity contribution in [3.8, 4) is 0 Å². The van der Waals surface area contributed by atoms with E-state index in [-0.39, 0.29) is 12.4 Å². The van der Waals surface area contributed by atoms with Crippen LogP contribution in [0.3, 0.4) is 0 Å². The molecular weight excluding hydrogens is 268 g/mol. The highest BCUT2D eigenvalue weighted by atomic mass is 79.9. The van der Waals surface area contributed by atoms with Gasteiger partial charge in [0.05, 0.1) is 0 Å². The van der Waals surface area contributed by atoms with Gasteiger partial charge in [0, 0.05) is 24.0 Å². The van der Waals surface area contributed by atoms with E-state index in [1.165, 1.54) is 0 Å². The predicted octanol–water partition coefficient (Wildman–Crippen LogP) is 2.72. The summed E-state index contributed by atoms with van der Waals surface area (Å²) < 4.78 is 14.7. The molecule has 1 heterocycles. The van der Waals surface area contributed by atoms with E-state index >= 15 is 0 Å². The molecule has 0 radical (unpaired) electrons. The second-order valence-corrected chi connectivity index (χ2v) is 4.47. The quantitative estimate of drug-likeness (QED) is 0.878.